The molecule has 2 rings (SSSR count). The van der Waals surface area contributed by atoms with E-state index in [4.69, 9.17) is 21.4 Å². The maximum absolute atomic E-state index is 12.5. The Morgan fingerprint density at radius 2 is 1.78 bits per heavy atom. The number of nitrogen functional groups attached to an aromatic ring is 2. The number of nitrogens with zero attached hydrogens (tertiary/aromatic N) is 2. The van der Waals surface area contributed by atoms with Gasteiger partial charge < -0.3 is 21.9 Å². The number of alkyl halides is 3. The number of aliphatic carboxylic acids is 1. The predicted molar refractivity (Wildman–Crippen MR) is 78.9 cm³/mol. The molecule has 23 heavy (non-hydrogen) atoms. The summed E-state index contributed by atoms with van der Waals surface area (Å²) in [6.07, 6.45) is -1.98. The number of hydrogen-bond donors (Lipinski definition) is 4. The summed E-state index contributed by atoms with van der Waals surface area (Å²) < 4.78 is 37.6. The third kappa shape index (κ3) is 5.69. The number of nitrogens with one attached hydrogen (secondary N) is 1. The van der Waals surface area contributed by atoms with Crippen molar-refractivity contribution in [3.63, 3.8) is 0 Å². The number of nitrogens with two attached hydrogens (primary N) is 2. The molecule has 0 aliphatic carbocycles. The van der Waals surface area contributed by atoms with Crippen molar-refractivity contribution in [1.29, 1.82) is 0 Å². The smallest absolute Gasteiger partial charge is 0.416 e. The molecule has 0 fully saturated rings. The van der Waals surface area contributed by atoms with E-state index < -0.39 is 17.7 Å². The van der Waals surface area contributed by atoms with Gasteiger partial charge in [0.05, 0.1) is 16.9 Å². The second kappa shape index (κ2) is 7.29. The maximum atomic E-state index is 12.5. The Labute approximate surface area is 129 Å². The highest BCUT2D eigenvalue weighted by molar-refractivity contribution is 5.78. The zero-order valence-electron chi connectivity index (χ0n) is 11.9. The summed E-state index contributed by atoms with van der Waals surface area (Å²) in [5.74, 6) is -0.718. The van der Waals surface area contributed by atoms with Gasteiger partial charge in [-0.2, -0.15) is 13.2 Å². The van der Waals surface area contributed by atoms with E-state index in [0.29, 0.717) is 5.69 Å². The van der Waals surface area contributed by atoms with Gasteiger partial charge >= 0.3 is 6.18 Å². The summed E-state index contributed by atoms with van der Waals surface area (Å²) in [7, 11) is 0. The first-order valence-corrected chi connectivity index (χ1v) is 6.11. The van der Waals surface area contributed by atoms with Gasteiger partial charge in [-0.3, -0.25) is 4.79 Å². The third-order valence-corrected chi connectivity index (χ3v) is 2.37. The van der Waals surface area contributed by atoms with Gasteiger partial charge in [0.25, 0.3) is 5.97 Å². The molecule has 0 aliphatic rings. The topological polar surface area (TPSA) is 127 Å². The fourth-order valence-corrected chi connectivity index (χ4v) is 1.41. The molecule has 0 aromatic carbocycles. The summed E-state index contributed by atoms with van der Waals surface area (Å²) in [4.78, 5) is 16.5. The molecule has 0 aliphatic heterocycles. The minimum atomic E-state index is -4.43. The summed E-state index contributed by atoms with van der Waals surface area (Å²) in [5, 5.41) is 10.1. The van der Waals surface area contributed by atoms with Crippen molar-refractivity contribution in [2.45, 2.75) is 13.1 Å². The zero-order chi connectivity index (χ0) is 17.6. The minimum Gasteiger partial charge on any atom is -0.481 e. The second-order valence-corrected chi connectivity index (χ2v) is 4.23. The van der Waals surface area contributed by atoms with Gasteiger partial charge in [-0.05, 0) is 18.2 Å². The molecule has 2 heterocycles. The first-order chi connectivity index (χ1) is 10.6. The van der Waals surface area contributed by atoms with E-state index in [-0.39, 0.29) is 17.3 Å². The summed E-state index contributed by atoms with van der Waals surface area (Å²) in [6.45, 7) is 1.08. The van der Waals surface area contributed by atoms with Gasteiger partial charge in [0.1, 0.15) is 11.6 Å². The van der Waals surface area contributed by atoms with Gasteiger partial charge in [0.15, 0.2) is 0 Å². The van der Waals surface area contributed by atoms with Gasteiger partial charge in [-0.1, -0.05) is 0 Å². The van der Waals surface area contributed by atoms with Crippen LogP contribution in [-0.4, -0.2) is 21.0 Å². The Morgan fingerprint density at radius 1 is 1.22 bits per heavy atom. The summed E-state index contributed by atoms with van der Waals surface area (Å²) >= 11 is 0. The van der Waals surface area contributed by atoms with Crippen molar-refractivity contribution in [2.24, 2.45) is 0 Å². The van der Waals surface area contributed by atoms with Crippen LogP contribution in [0.2, 0.25) is 0 Å². The summed E-state index contributed by atoms with van der Waals surface area (Å²) in [5.41, 5.74) is 10.9. The van der Waals surface area contributed by atoms with Crippen molar-refractivity contribution >= 4 is 29.0 Å². The molecule has 0 saturated heterocycles. The molecule has 0 saturated carbocycles. The molecule has 2 aromatic heterocycles. The average molecular weight is 329 g/mol. The van der Waals surface area contributed by atoms with E-state index >= 15 is 0 Å². The van der Waals surface area contributed by atoms with Gasteiger partial charge in [-0.25, -0.2) is 9.97 Å². The molecule has 0 radical (unpaired) electrons. The van der Waals surface area contributed by atoms with Crippen LogP contribution in [0.3, 0.4) is 0 Å². The first-order valence-electron chi connectivity index (χ1n) is 6.11. The molecule has 0 bridgehead atoms. The Kier molecular flexibility index (Phi) is 5.71. The number of halogens is 3. The van der Waals surface area contributed by atoms with Crippen LogP contribution >= 0.6 is 0 Å². The third-order valence-electron chi connectivity index (χ3n) is 2.37. The van der Waals surface area contributed by atoms with Crippen molar-refractivity contribution in [2.75, 3.05) is 16.8 Å². The number of hydrogen-bond acceptors (Lipinski definition) is 6. The van der Waals surface area contributed by atoms with Gasteiger partial charge in [-0.15, -0.1) is 0 Å². The normalized spacial score (nSPS) is 10.4. The molecule has 2 aromatic rings. The lowest BCUT2D eigenvalue weighted by Gasteiger charge is -2.11. The lowest BCUT2D eigenvalue weighted by atomic mass is 10.2. The van der Waals surface area contributed by atoms with Crippen molar-refractivity contribution in [3.8, 4) is 0 Å². The second-order valence-electron chi connectivity index (χ2n) is 4.23. The largest absolute Gasteiger partial charge is 0.481 e. The van der Waals surface area contributed by atoms with Gasteiger partial charge in [0.2, 0.25) is 0 Å². The van der Waals surface area contributed by atoms with E-state index in [0.717, 1.165) is 25.3 Å². The first kappa shape index (κ1) is 18.0. The van der Waals surface area contributed by atoms with Crippen LogP contribution in [0.4, 0.5) is 36.2 Å². The number of carboxylic acids is 1. The van der Waals surface area contributed by atoms with E-state index in [9.17, 15) is 13.2 Å². The van der Waals surface area contributed by atoms with Crippen LogP contribution in [0.25, 0.3) is 0 Å². The Morgan fingerprint density at radius 3 is 2.35 bits per heavy atom. The number of pyridine rings is 2. The lowest BCUT2D eigenvalue weighted by Crippen LogP contribution is -2.07. The minimum absolute atomic E-state index is 0.0205. The van der Waals surface area contributed by atoms with Crippen LogP contribution < -0.4 is 16.8 Å². The quantitative estimate of drug-likeness (QED) is 0.666. The molecule has 10 heteroatoms. The number of aromatic nitrogens is 2. The highest BCUT2D eigenvalue weighted by atomic mass is 19.4. The van der Waals surface area contributed by atoms with Crippen LogP contribution in [0.1, 0.15) is 12.5 Å². The molecule has 0 atom stereocenters. The number of rotatable bonds is 2. The monoisotopic (exact) mass is 329 g/mol. The van der Waals surface area contributed by atoms with Crippen LogP contribution in [0, 0.1) is 0 Å². The van der Waals surface area contributed by atoms with Crippen molar-refractivity contribution in [3.05, 3.63) is 36.2 Å². The summed E-state index contributed by atoms with van der Waals surface area (Å²) in [6, 6.07) is 3.26. The van der Waals surface area contributed by atoms with Crippen molar-refractivity contribution in [1.82, 2.24) is 9.97 Å². The zero-order valence-corrected chi connectivity index (χ0v) is 11.9. The van der Waals surface area contributed by atoms with E-state index in [1.54, 1.807) is 0 Å². The van der Waals surface area contributed by atoms with E-state index in [1.807, 2.05) is 0 Å². The number of carbonyl (C=O) groups is 1. The SMILES string of the molecule is CC(=O)O.Nc1nccc(Nc2cc(C(F)(F)F)ccn2)c1N. The van der Waals surface area contributed by atoms with Crippen molar-refractivity contribution < 1.29 is 23.1 Å². The maximum Gasteiger partial charge on any atom is 0.416 e. The Balaban J connectivity index is 0.000000593. The molecule has 0 amide bonds. The average Bonchev–Trinajstić information content (AvgIpc) is 2.43. The molecule has 0 spiro atoms. The van der Waals surface area contributed by atoms with Crippen LogP contribution in [0.5, 0.6) is 0 Å². The van der Waals surface area contributed by atoms with Gasteiger partial charge in [0, 0.05) is 19.3 Å². The van der Waals surface area contributed by atoms with Crippen LogP contribution in [0.15, 0.2) is 30.6 Å². The fraction of sp³-hybridized carbons (Fsp3) is 0.154. The fourth-order valence-electron chi connectivity index (χ4n) is 1.41. The highest BCUT2D eigenvalue weighted by Crippen LogP contribution is 2.31. The molecule has 124 valence electrons. The molecule has 7 nitrogen and oxygen atoms in total. The number of carboxylic acid groups (broad SMARTS) is 1. The lowest BCUT2D eigenvalue weighted by molar-refractivity contribution is -0.137. The predicted octanol–water partition coefficient (Wildman–Crippen LogP) is 2.49. The standard InChI is InChI=1S/C11H10F3N5.C2H4O2/c12-11(13,14)6-1-3-17-8(5-6)19-7-2-4-18-10(16)9(7)15;1-2(3)4/h1-5H,15H2,(H3,16,17,18,19);1H3,(H,3,4). The molecular formula is C13H14F3N5O2. The number of anilines is 4. The molecule has 0 unspecified atom stereocenters. The Hall–Kier alpha value is -3.04. The van der Waals surface area contributed by atoms with E-state index in [1.165, 1.54) is 12.3 Å². The Bertz CT molecular complexity index is 688. The molecular weight excluding hydrogens is 315 g/mol. The van der Waals surface area contributed by atoms with Crippen LogP contribution in [-0.2, 0) is 11.0 Å². The van der Waals surface area contributed by atoms with E-state index in [2.05, 4.69) is 15.3 Å². The highest BCUT2D eigenvalue weighted by Gasteiger charge is 2.30. The molecule has 6 N–H and O–H groups in total.